The predicted octanol–water partition coefficient (Wildman–Crippen LogP) is 6.87. The lowest BCUT2D eigenvalue weighted by Gasteiger charge is -2.20. The Morgan fingerprint density at radius 1 is 0.851 bits per heavy atom. The number of halogens is 2. The third-order valence-electron chi connectivity index (χ3n) is 7.82. The standard InChI is InChI=1S/C37H40F2N2O6/c1-22(2)41-32(19-16-29(42)20-30(43)21-33(44)47-5)34(25-6-12-27(38)13-7-25)35(26-8-14-28(39)15-9-26)36(41)37(45)40-23(3)24-10-17-31(46-4)18-11-24/h6-19,22-23,29-30,42-43H,20-21H2,1-5H3,(H,40,45)/b19-16+/t23-,29-,30-/m1/s1. The molecule has 0 aliphatic rings. The lowest BCUT2D eigenvalue weighted by atomic mass is 9.94. The number of nitrogens with zero attached hydrogens (tertiary/aromatic N) is 1. The van der Waals surface area contributed by atoms with Crippen molar-refractivity contribution in [2.45, 2.75) is 57.9 Å². The number of nitrogens with one attached hydrogen (secondary N) is 1. The number of hydrogen-bond acceptors (Lipinski definition) is 6. The zero-order valence-corrected chi connectivity index (χ0v) is 27.0. The van der Waals surface area contributed by atoms with Gasteiger partial charge in [-0.2, -0.15) is 0 Å². The molecule has 8 nitrogen and oxygen atoms in total. The summed E-state index contributed by atoms with van der Waals surface area (Å²) in [5.41, 5.74) is 3.84. The minimum atomic E-state index is -1.16. The molecule has 3 aromatic carbocycles. The summed E-state index contributed by atoms with van der Waals surface area (Å²) in [5, 5.41) is 24.2. The number of amides is 1. The number of methoxy groups -OCH3 is 2. The summed E-state index contributed by atoms with van der Waals surface area (Å²) in [6.45, 7) is 5.67. The molecule has 1 heterocycles. The van der Waals surface area contributed by atoms with Gasteiger partial charge in [0.15, 0.2) is 0 Å². The van der Waals surface area contributed by atoms with Crippen molar-refractivity contribution in [3.63, 3.8) is 0 Å². The lowest BCUT2D eigenvalue weighted by Crippen LogP contribution is -2.29. The highest BCUT2D eigenvalue weighted by molar-refractivity contribution is 6.06. The molecule has 4 rings (SSSR count). The van der Waals surface area contributed by atoms with Crippen molar-refractivity contribution in [2.24, 2.45) is 0 Å². The van der Waals surface area contributed by atoms with Gasteiger partial charge in [-0.25, -0.2) is 8.78 Å². The van der Waals surface area contributed by atoms with E-state index in [2.05, 4.69) is 10.1 Å². The molecule has 0 radical (unpaired) electrons. The van der Waals surface area contributed by atoms with Crippen LogP contribution in [0.15, 0.2) is 78.9 Å². The van der Waals surface area contributed by atoms with Gasteiger partial charge < -0.3 is 29.6 Å². The normalized spacial score (nSPS) is 13.4. The van der Waals surface area contributed by atoms with Crippen LogP contribution in [0.2, 0.25) is 0 Å². The largest absolute Gasteiger partial charge is 0.497 e. The predicted molar refractivity (Wildman–Crippen MR) is 177 cm³/mol. The van der Waals surface area contributed by atoms with Gasteiger partial charge in [-0.1, -0.05) is 42.5 Å². The number of benzene rings is 3. The number of aromatic nitrogens is 1. The third kappa shape index (κ3) is 8.52. The quantitative estimate of drug-likeness (QED) is 0.137. The highest BCUT2D eigenvalue weighted by Crippen LogP contribution is 2.43. The van der Waals surface area contributed by atoms with Crippen LogP contribution < -0.4 is 10.1 Å². The first-order chi connectivity index (χ1) is 22.4. The van der Waals surface area contributed by atoms with Crippen molar-refractivity contribution >= 4 is 18.0 Å². The molecule has 0 aliphatic heterocycles. The van der Waals surface area contributed by atoms with Crippen LogP contribution in [0.3, 0.4) is 0 Å². The molecule has 10 heteroatoms. The Morgan fingerprint density at radius 2 is 1.40 bits per heavy atom. The summed E-state index contributed by atoms with van der Waals surface area (Å²) in [7, 11) is 2.79. The van der Waals surface area contributed by atoms with Crippen LogP contribution >= 0.6 is 0 Å². The van der Waals surface area contributed by atoms with Gasteiger partial charge in [0.1, 0.15) is 23.1 Å². The molecule has 0 saturated heterocycles. The van der Waals surface area contributed by atoms with Gasteiger partial charge in [0.2, 0.25) is 0 Å². The molecule has 47 heavy (non-hydrogen) atoms. The van der Waals surface area contributed by atoms with E-state index < -0.39 is 41.8 Å². The Hall–Kier alpha value is -4.80. The fraction of sp³-hybridized carbons (Fsp3) is 0.297. The molecule has 0 spiro atoms. The minimum Gasteiger partial charge on any atom is -0.497 e. The van der Waals surface area contributed by atoms with E-state index in [0.29, 0.717) is 33.7 Å². The summed E-state index contributed by atoms with van der Waals surface area (Å²) in [4.78, 5) is 26.0. The highest BCUT2D eigenvalue weighted by Gasteiger charge is 2.30. The van der Waals surface area contributed by atoms with Crippen LogP contribution in [0.25, 0.3) is 28.3 Å². The maximum Gasteiger partial charge on any atom is 0.308 e. The van der Waals surface area contributed by atoms with Crippen LogP contribution in [0, 0.1) is 11.6 Å². The van der Waals surface area contributed by atoms with E-state index in [-0.39, 0.29) is 24.6 Å². The number of hydrogen-bond donors (Lipinski definition) is 3. The second-order valence-electron chi connectivity index (χ2n) is 11.5. The molecule has 0 unspecified atom stereocenters. The van der Waals surface area contributed by atoms with Crippen molar-refractivity contribution in [3.05, 3.63) is 107 Å². The molecule has 3 N–H and O–H groups in total. The summed E-state index contributed by atoms with van der Waals surface area (Å²) in [6, 6.07) is 18.2. The van der Waals surface area contributed by atoms with E-state index in [1.165, 1.54) is 37.5 Å². The number of rotatable bonds is 13. The molecule has 1 aromatic heterocycles. The van der Waals surface area contributed by atoms with Gasteiger partial charge in [0, 0.05) is 29.3 Å². The van der Waals surface area contributed by atoms with E-state index in [0.717, 1.165) is 5.56 Å². The summed E-state index contributed by atoms with van der Waals surface area (Å²) < 4.78 is 40.0. The van der Waals surface area contributed by atoms with Gasteiger partial charge in [0.25, 0.3) is 5.91 Å². The number of carbonyl (C=O) groups excluding carboxylic acids is 2. The molecule has 0 bridgehead atoms. The van der Waals surface area contributed by atoms with Crippen LogP contribution in [0.5, 0.6) is 5.75 Å². The van der Waals surface area contributed by atoms with Crippen molar-refractivity contribution in [1.82, 2.24) is 9.88 Å². The molecule has 4 aromatic rings. The molecule has 0 aliphatic carbocycles. The van der Waals surface area contributed by atoms with Gasteiger partial charge in [0.05, 0.1) is 38.9 Å². The zero-order chi connectivity index (χ0) is 34.2. The Labute approximate surface area is 273 Å². The monoisotopic (exact) mass is 646 g/mol. The van der Waals surface area contributed by atoms with Gasteiger partial charge in [-0.3, -0.25) is 9.59 Å². The molecule has 1 amide bonds. The van der Waals surface area contributed by atoms with Crippen molar-refractivity contribution in [2.75, 3.05) is 14.2 Å². The van der Waals surface area contributed by atoms with Crippen LogP contribution in [0.4, 0.5) is 8.78 Å². The molecule has 0 fully saturated rings. The summed E-state index contributed by atoms with van der Waals surface area (Å²) in [5.74, 6) is -1.23. The van der Waals surface area contributed by atoms with E-state index in [1.54, 1.807) is 37.5 Å². The average Bonchev–Trinajstić information content (AvgIpc) is 3.39. The van der Waals surface area contributed by atoms with Crippen molar-refractivity contribution in [3.8, 4) is 28.0 Å². The van der Waals surface area contributed by atoms with Crippen molar-refractivity contribution in [1.29, 1.82) is 0 Å². The zero-order valence-electron chi connectivity index (χ0n) is 27.0. The number of ether oxygens (including phenoxy) is 2. The van der Waals surface area contributed by atoms with Crippen LogP contribution in [-0.4, -0.2) is 53.1 Å². The van der Waals surface area contributed by atoms with Crippen molar-refractivity contribution < 1.29 is 38.1 Å². The number of aliphatic hydroxyl groups is 2. The van der Waals surface area contributed by atoms with Gasteiger partial charge in [-0.05, 0) is 79.9 Å². The van der Waals surface area contributed by atoms with Gasteiger partial charge >= 0.3 is 5.97 Å². The lowest BCUT2D eigenvalue weighted by molar-refractivity contribution is -0.143. The Kier molecular flexibility index (Phi) is 11.7. The van der Waals surface area contributed by atoms with E-state index >= 15 is 0 Å². The SMILES string of the molecule is COC(=O)C[C@H](O)C[C@H](O)/C=C/c1c(-c2ccc(F)cc2)c(-c2ccc(F)cc2)c(C(=O)N[C@H](C)c2ccc(OC)cc2)n1C(C)C. The molecular weight excluding hydrogens is 606 g/mol. The first-order valence-corrected chi connectivity index (χ1v) is 15.3. The second kappa shape index (κ2) is 15.7. The van der Waals surface area contributed by atoms with Crippen LogP contribution in [-0.2, 0) is 9.53 Å². The number of aliphatic hydroxyl groups excluding tert-OH is 2. The molecule has 248 valence electrons. The van der Waals surface area contributed by atoms with E-state index in [4.69, 9.17) is 4.74 Å². The summed E-state index contributed by atoms with van der Waals surface area (Å²) >= 11 is 0. The number of esters is 1. The maximum absolute atomic E-state index is 14.4. The van der Waals surface area contributed by atoms with E-state index in [1.807, 2.05) is 49.6 Å². The molecule has 0 saturated carbocycles. The maximum atomic E-state index is 14.4. The Balaban J connectivity index is 1.91. The number of carbonyl (C=O) groups is 2. The molecule has 3 atom stereocenters. The smallest absolute Gasteiger partial charge is 0.308 e. The highest BCUT2D eigenvalue weighted by atomic mass is 19.1. The van der Waals surface area contributed by atoms with Gasteiger partial charge in [-0.15, -0.1) is 0 Å². The summed E-state index contributed by atoms with van der Waals surface area (Å²) in [6.07, 6.45) is 0.384. The first kappa shape index (κ1) is 35.1. The fourth-order valence-electron chi connectivity index (χ4n) is 5.50. The third-order valence-corrected chi connectivity index (χ3v) is 7.82. The topological polar surface area (TPSA) is 110 Å². The van der Waals surface area contributed by atoms with Crippen LogP contribution in [0.1, 0.15) is 67.4 Å². The average molecular weight is 647 g/mol. The Bertz CT molecular complexity index is 1700. The molecular formula is C37H40F2N2O6. The van der Waals surface area contributed by atoms with E-state index in [9.17, 15) is 28.6 Å². The second-order valence-corrected chi connectivity index (χ2v) is 11.5. The fourth-order valence-corrected chi connectivity index (χ4v) is 5.50. The minimum absolute atomic E-state index is 0.141. The Morgan fingerprint density at radius 3 is 1.91 bits per heavy atom. The first-order valence-electron chi connectivity index (χ1n) is 15.3.